The predicted octanol–water partition coefficient (Wildman–Crippen LogP) is 4.46. The Labute approximate surface area is 126 Å². The highest BCUT2D eigenvalue weighted by molar-refractivity contribution is 14.1. The summed E-state index contributed by atoms with van der Waals surface area (Å²) in [6.07, 6.45) is 2.09. The van der Waals surface area contributed by atoms with Crippen molar-refractivity contribution in [1.82, 2.24) is 5.32 Å². The lowest BCUT2D eigenvalue weighted by Gasteiger charge is -2.13. The highest BCUT2D eigenvalue weighted by atomic mass is 127. The molecule has 0 saturated carbocycles. The van der Waals surface area contributed by atoms with Gasteiger partial charge in [0.2, 0.25) is 0 Å². The maximum Gasteiger partial charge on any atom is 0.164 e. The first-order valence-corrected chi connectivity index (χ1v) is 8.11. The molecule has 1 aromatic heterocycles. The summed E-state index contributed by atoms with van der Waals surface area (Å²) >= 11 is 3.95. The standard InChI is InChI=1S/C14H16INOS/c1-10(11-3-6-13(18-2)7-4-11)16-9-12-5-8-14(15)17-12/h3-8,10,16H,9H2,1-2H3. The Balaban J connectivity index is 1.92. The lowest BCUT2D eigenvalue weighted by molar-refractivity contribution is 0.445. The molecule has 0 fully saturated rings. The molecule has 1 aromatic carbocycles. The van der Waals surface area contributed by atoms with E-state index in [1.54, 1.807) is 11.8 Å². The van der Waals surface area contributed by atoms with Crippen LogP contribution in [-0.4, -0.2) is 6.26 Å². The number of nitrogens with one attached hydrogen (secondary N) is 1. The van der Waals surface area contributed by atoms with Gasteiger partial charge in [0, 0.05) is 10.9 Å². The van der Waals surface area contributed by atoms with Crippen molar-refractivity contribution in [2.75, 3.05) is 6.26 Å². The summed E-state index contributed by atoms with van der Waals surface area (Å²) in [5, 5.41) is 3.46. The molecule has 4 heteroatoms. The number of halogens is 1. The van der Waals surface area contributed by atoms with E-state index in [1.165, 1.54) is 10.5 Å². The fraction of sp³-hybridized carbons (Fsp3) is 0.286. The van der Waals surface area contributed by atoms with Crippen molar-refractivity contribution < 1.29 is 4.42 Å². The van der Waals surface area contributed by atoms with Gasteiger partial charge in [-0.05, 0) is 65.6 Å². The SMILES string of the molecule is CSc1ccc(C(C)NCc2ccc(I)o2)cc1. The first-order chi connectivity index (χ1) is 8.69. The Kier molecular flexibility index (Phi) is 5.14. The van der Waals surface area contributed by atoms with E-state index >= 15 is 0 Å². The number of thioether (sulfide) groups is 1. The van der Waals surface area contributed by atoms with E-state index in [0.717, 1.165) is 16.1 Å². The van der Waals surface area contributed by atoms with E-state index in [1.807, 2.05) is 12.1 Å². The summed E-state index contributed by atoms with van der Waals surface area (Å²) in [4.78, 5) is 1.30. The van der Waals surface area contributed by atoms with Crippen molar-refractivity contribution >= 4 is 34.4 Å². The van der Waals surface area contributed by atoms with Crippen LogP contribution in [0.15, 0.2) is 45.7 Å². The Morgan fingerprint density at radius 3 is 2.50 bits per heavy atom. The van der Waals surface area contributed by atoms with Gasteiger partial charge in [-0.25, -0.2) is 0 Å². The number of hydrogen-bond acceptors (Lipinski definition) is 3. The van der Waals surface area contributed by atoms with Gasteiger partial charge in [0.1, 0.15) is 5.76 Å². The molecule has 2 nitrogen and oxygen atoms in total. The zero-order valence-electron chi connectivity index (χ0n) is 10.4. The van der Waals surface area contributed by atoms with Crippen LogP contribution in [0.3, 0.4) is 0 Å². The van der Waals surface area contributed by atoms with Gasteiger partial charge in [-0.1, -0.05) is 12.1 Å². The molecule has 1 N–H and O–H groups in total. The van der Waals surface area contributed by atoms with Crippen LogP contribution in [0.1, 0.15) is 24.3 Å². The second-order valence-electron chi connectivity index (χ2n) is 4.08. The minimum Gasteiger partial charge on any atom is -0.454 e. The average molecular weight is 373 g/mol. The van der Waals surface area contributed by atoms with Crippen LogP contribution in [0.2, 0.25) is 0 Å². The summed E-state index contributed by atoms with van der Waals surface area (Å²) in [6.45, 7) is 2.93. The van der Waals surface area contributed by atoms with Gasteiger partial charge in [-0.3, -0.25) is 0 Å². The molecule has 0 saturated heterocycles. The van der Waals surface area contributed by atoms with E-state index in [-0.39, 0.29) is 0 Å². The summed E-state index contributed by atoms with van der Waals surface area (Å²) < 4.78 is 6.46. The number of hydrogen-bond donors (Lipinski definition) is 1. The average Bonchev–Trinajstić information content (AvgIpc) is 2.82. The molecule has 2 rings (SSSR count). The van der Waals surface area contributed by atoms with E-state index in [4.69, 9.17) is 4.42 Å². The summed E-state index contributed by atoms with van der Waals surface area (Å²) in [5.74, 6) is 0.979. The van der Waals surface area contributed by atoms with E-state index in [0.29, 0.717) is 6.04 Å². The third-order valence-electron chi connectivity index (χ3n) is 2.83. The van der Waals surface area contributed by atoms with Crippen molar-refractivity contribution in [2.24, 2.45) is 0 Å². The van der Waals surface area contributed by atoms with Gasteiger partial charge in [0.25, 0.3) is 0 Å². The number of rotatable bonds is 5. The van der Waals surface area contributed by atoms with Crippen molar-refractivity contribution in [1.29, 1.82) is 0 Å². The Bertz CT molecular complexity index is 495. The molecule has 96 valence electrons. The molecule has 0 spiro atoms. The molecule has 1 heterocycles. The highest BCUT2D eigenvalue weighted by Crippen LogP contribution is 2.19. The Morgan fingerprint density at radius 1 is 1.22 bits per heavy atom. The molecule has 0 bridgehead atoms. The fourth-order valence-corrected chi connectivity index (χ4v) is 2.58. The summed E-state index contributed by atoms with van der Waals surface area (Å²) in [7, 11) is 0. The third kappa shape index (κ3) is 3.76. The van der Waals surface area contributed by atoms with Crippen LogP contribution in [-0.2, 0) is 6.54 Å². The largest absolute Gasteiger partial charge is 0.454 e. The minimum atomic E-state index is 0.323. The van der Waals surface area contributed by atoms with Crippen LogP contribution in [0.4, 0.5) is 0 Å². The first-order valence-electron chi connectivity index (χ1n) is 5.80. The first kappa shape index (κ1) is 14.0. The van der Waals surface area contributed by atoms with Gasteiger partial charge >= 0.3 is 0 Å². The van der Waals surface area contributed by atoms with Crippen LogP contribution < -0.4 is 5.32 Å². The number of furan rings is 1. The summed E-state index contributed by atoms with van der Waals surface area (Å²) in [5.41, 5.74) is 1.30. The van der Waals surface area contributed by atoms with Crippen molar-refractivity contribution in [2.45, 2.75) is 24.4 Å². The second-order valence-corrected chi connectivity index (χ2v) is 6.02. The summed E-state index contributed by atoms with van der Waals surface area (Å²) in [6, 6.07) is 13.0. The lowest BCUT2D eigenvalue weighted by atomic mass is 10.1. The molecule has 1 unspecified atom stereocenters. The molecule has 0 aliphatic heterocycles. The third-order valence-corrected chi connectivity index (χ3v) is 4.15. The van der Waals surface area contributed by atoms with Crippen LogP contribution in [0.25, 0.3) is 0 Å². The second kappa shape index (κ2) is 6.63. The molecule has 0 aliphatic rings. The van der Waals surface area contributed by atoms with Gasteiger partial charge in [-0.15, -0.1) is 11.8 Å². The molecule has 1 atom stereocenters. The molecule has 0 aliphatic carbocycles. The smallest absolute Gasteiger partial charge is 0.164 e. The van der Waals surface area contributed by atoms with Gasteiger partial charge in [0.15, 0.2) is 3.77 Å². The van der Waals surface area contributed by atoms with E-state index < -0.39 is 0 Å². The van der Waals surface area contributed by atoms with E-state index in [9.17, 15) is 0 Å². The topological polar surface area (TPSA) is 25.2 Å². The van der Waals surface area contributed by atoms with Gasteiger partial charge < -0.3 is 9.73 Å². The minimum absolute atomic E-state index is 0.323. The van der Waals surface area contributed by atoms with Crippen LogP contribution in [0, 0.1) is 3.77 Å². The predicted molar refractivity (Wildman–Crippen MR) is 84.9 cm³/mol. The van der Waals surface area contributed by atoms with Crippen LogP contribution in [0.5, 0.6) is 0 Å². The zero-order valence-corrected chi connectivity index (χ0v) is 13.4. The molecular formula is C14H16INOS. The van der Waals surface area contributed by atoms with Crippen LogP contribution >= 0.6 is 34.4 Å². The van der Waals surface area contributed by atoms with Gasteiger partial charge in [0.05, 0.1) is 6.54 Å². The Morgan fingerprint density at radius 2 is 1.94 bits per heavy atom. The van der Waals surface area contributed by atoms with Crippen molar-refractivity contribution in [3.8, 4) is 0 Å². The lowest BCUT2D eigenvalue weighted by Crippen LogP contribution is -2.17. The highest BCUT2D eigenvalue weighted by Gasteiger charge is 2.06. The Hall–Kier alpha value is -0.460. The molecule has 0 amide bonds. The van der Waals surface area contributed by atoms with Crippen molar-refractivity contribution in [3.05, 3.63) is 51.5 Å². The molecular weight excluding hydrogens is 357 g/mol. The molecule has 18 heavy (non-hydrogen) atoms. The number of benzene rings is 1. The molecule has 2 aromatic rings. The zero-order chi connectivity index (χ0) is 13.0. The maximum absolute atomic E-state index is 5.53. The van der Waals surface area contributed by atoms with Crippen molar-refractivity contribution in [3.63, 3.8) is 0 Å². The quantitative estimate of drug-likeness (QED) is 0.619. The molecule has 0 radical (unpaired) electrons. The normalized spacial score (nSPS) is 12.6. The maximum atomic E-state index is 5.53. The van der Waals surface area contributed by atoms with E-state index in [2.05, 4.69) is 65.4 Å². The fourth-order valence-electron chi connectivity index (χ4n) is 1.71. The van der Waals surface area contributed by atoms with Gasteiger partial charge in [-0.2, -0.15) is 0 Å². The monoisotopic (exact) mass is 373 g/mol.